The molecule has 0 amide bonds. The predicted molar refractivity (Wildman–Crippen MR) is 129 cm³/mol. The summed E-state index contributed by atoms with van der Waals surface area (Å²) in [6, 6.07) is 18.8. The molecule has 0 fully saturated rings. The quantitative estimate of drug-likeness (QED) is 0.442. The molecule has 3 aromatic rings. The van der Waals surface area contributed by atoms with Gasteiger partial charge in [-0.1, -0.05) is 55.4 Å². The number of aryl methyl sites for hydroxylation is 1. The Morgan fingerprint density at radius 3 is 2.55 bits per heavy atom. The molecule has 0 aliphatic heterocycles. The lowest BCUT2D eigenvalue weighted by Crippen LogP contribution is -2.25. The second-order valence-corrected chi connectivity index (χ2v) is 10.3. The summed E-state index contributed by atoms with van der Waals surface area (Å²) in [4.78, 5) is 0. The third-order valence-corrected chi connectivity index (χ3v) is 6.14. The minimum Gasteiger partial charge on any atom is -0.491 e. The summed E-state index contributed by atoms with van der Waals surface area (Å²) in [5.41, 5.74) is 3.58. The first kappa shape index (κ1) is 21.1. The Balaban J connectivity index is 1.73. The third kappa shape index (κ3) is 5.91. The maximum atomic E-state index is 6.28. The van der Waals surface area contributed by atoms with Gasteiger partial charge < -0.3 is 9.04 Å². The Kier molecular flexibility index (Phi) is 7.04. The van der Waals surface area contributed by atoms with Crippen LogP contribution < -0.4 is 9.04 Å². The Bertz CT molecular complexity index is 996. The van der Waals surface area contributed by atoms with E-state index < -0.39 is 9.39 Å². The Labute approximate surface area is 175 Å². The first-order valence-electron chi connectivity index (χ1n) is 9.96. The molecule has 3 rings (SSSR count). The van der Waals surface area contributed by atoms with E-state index in [-0.39, 0.29) is 0 Å². The van der Waals surface area contributed by atoms with E-state index in [0.29, 0.717) is 6.61 Å². The maximum Gasteiger partial charge on any atom is 0.122 e. The van der Waals surface area contributed by atoms with Crippen molar-refractivity contribution in [3.05, 3.63) is 78.1 Å². The topological polar surface area (TPSA) is 30.3 Å². The second kappa shape index (κ2) is 9.70. The van der Waals surface area contributed by atoms with Crippen molar-refractivity contribution in [3.63, 3.8) is 0 Å². The summed E-state index contributed by atoms with van der Waals surface area (Å²) in [6.07, 6.45) is 7.98. The Morgan fingerprint density at radius 2 is 1.90 bits per heavy atom. The van der Waals surface area contributed by atoms with Crippen LogP contribution in [0.15, 0.2) is 67.0 Å². The van der Waals surface area contributed by atoms with E-state index >= 15 is 0 Å². The van der Waals surface area contributed by atoms with Gasteiger partial charge in [-0.3, -0.25) is 4.68 Å². The van der Waals surface area contributed by atoms with Crippen molar-refractivity contribution < 1.29 is 4.74 Å². The molecule has 154 valence electrons. The molecule has 0 aliphatic rings. The van der Waals surface area contributed by atoms with E-state index in [0.717, 1.165) is 37.4 Å². The van der Waals surface area contributed by atoms with Gasteiger partial charge in [-0.25, -0.2) is 0 Å². The summed E-state index contributed by atoms with van der Waals surface area (Å²) in [7, 11) is -1.39. The van der Waals surface area contributed by atoms with Gasteiger partial charge in [0.15, 0.2) is 0 Å². The molecular weight excluding hydrogens is 378 g/mol. The molecule has 0 atom stereocenters. The van der Waals surface area contributed by atoms with Crippen LogP contribution in [-0.2, 0) is 13.0 Å². The van der Waals surface area contributed by atoms with Crippen molar-refractivity contribution in [1.82, 2.24) is 9.78 Å². The number of hydrogen-bond donors (Lipinski definition) is 0. The van der Waals surface area contributed by atoms with Gasteiger partial charge in [-0.05, 0) is 48.1 Å². The highest BCUT2D eigenvalue weighted by Gasteiger charge is 2.11. The number of nitrogens with zero attached hydrogens (tertiary/aromatic N) is 3. The van der Waals surface area contributed by atoms with E-state index in [9.17, 15) is 0 Å². The molecule has 0 aliphatic carbocycles. The molecule has 29 heavy (non-hydrogen) atoms. The molecule has 0 spiro atoms. The average molecular weight is 410 g/mol. The first-order valence-corrected chi connectivity index (χ1v) is 12.3. The summed E-state index contributed by atoms with van der Waals surface area (Å²) in [5, 5.41) is 4.30. The van der Waals surface area contributed by atoms with Crippen molar-refractivity contribution in [2.75, 3.05) is 23.7 Å². The van der Waals surface area contributed by atoms with Crippen molar-refractivity contribution >= 4 is 26.8 Å². The van der Waals surface area contributed by atoms with Crippen LogP contribution in [0.5, 0.6) is 5.75 Å². The van der Waals surface area contributed by atoms with Crippen LogP contribution in [0.1, 0.15) is 24.5 Å². The van der Waals surface area contributed by atoms with E-state index in [4.69, 9.17) is 4.74 Å². The van der Waals surface area contributed by atoms with Crippen molar-refractivity contribution in [2.45, 2.75) is 26.3 Å². The molecule has 0 saturated carbocycles. The largest absolute Gasteiger partial charge is 0.491 e. The van der Waals surface area contributed by atoms with Gasteiger partial charge in [0, 0.05) is 18.1 Å². The van der Waals surface area contributed by atoms with E-state index in [2.05, 4.69) is 64.7 Å². The normalized spacial score (nSPS) is 11.4. The van der Waals surface area contributed by atoms with E-state index in [1.54, 1.807) is 6.20 Å². The number of rotatable bonds is 10. The standard InChI is InChI=1S/C24H31N3OS/c1-5-10-22-14-13-21(20-26-16-9-15-25-26)19-24(22)28-18-17-27(29(2,3)4)23-11-7-6-8-12-23/h6-9,11-16,19H,2-3,5,10,17-18,20H2,1,4H3. The van der Waals surface area contributed by atoms with Crippen LogP contribution in [0.3, 0.4) is 0 Å². The number of ether oxygens (including phenoxy) is 1. The number of aromatic nitrogens is 2. The Hall–Kier alpha value is -2.66. The van der Waals surface area contributed by atoms with Crippen molar-refractivity contribution in [1.29, 1.82) is 0 Å². The number of benzene rings is 2. The molecule has 1 aromatic heterocycles. The highest BCUT2D eigenvalue weighted by atomic mass is 32.2. The molecule has 5 heteroatoms. The van der Waals surface area contributed by atoms with Gasteiger partial charge in [0.2, 0.25) is 0 Å². The first-order chi connectivity index (χ1) is 14.0. The van der Waals surface area contributed by atoms with Crippen LogP contribution in [-0.4, -0.2) is 40.9 Å². The van der Waals surface area contributed by atoms with Crippen molar-refractivity contribution in [3.8, 4) is 5.75 Å². The zero-order valence-electron chi connectivity index (χ0n) is 17.5. The van der Waals surface area contributed by atoms with Gasteiger partial charge in [-0.2, -0.15) is 5.10 Å². The van der Waals surface area contributed by atoms with Gasteiger partial charge in [0.05, 0.1) is 13.1 Å². The number of anilines is 1. The summed E-state index contributed by atoms with van der Waals surface area (Å²) >= 11 is 0. The van der Waals surface area contributed by atoms with Crippen LogP contribution >= 0.6 is 9.39 Å². The third-order valence-electron chi connectivity index (χ3n) is 4.68. The van der Waals surface area contributed by atoms with Crippen LogP contribution in [0, 0.1) is 0 Å². The highest BCUT2D eigenvalue weighted by Crippen LogP contribution is 2.29. The predicted octanol–water partition coefficient (Wildman–Crippen LogP) is 4.98. The monoisotopic (exact) mass is 409 g/mol. The fraction of sp³-hybridized carbons (Fsp3) is 0.292. The molecule has 0 saturated heterocycles. The fourth-order valence-corrected chi connectivity index (χ4v) is 4.47. The number of para-hydroxylation sites is 1. The minimum atomic E-state index is -1.39. The summed E-state index contributed by atoms with van der Waals surface area (Å²) in [6.45, 7) is 4.27. The van der Waals surface area contributed by atoms with Gasteiger partial charge >= 0.3 is 0 Å². The maximum absolute atomic E-state index is 6.28. The van der Waals surface area contributed by atoms with Crippen molar-refractivity contribution in [2.24, 2.45) is 0 Å². The van der Waals surface area contributed by atoms with Gasteiger partial charge in [0.1, 0.15) is 12.4 Å². The molecule has 1 heterocycles. The summed E-state index contributed by atoms with van der Waals surface area (Å²) < 4.78 is 10.5. The molecule has 2 aromatic carbocycles. The van der Waals surface area contributed by atoms with E-state index in [1.165, 1.54) is 11.1 Å². The van der Waals surface area contributed by atoms with Gasteiger partial charge in [0.25, 0.3) is 0 Å². The zero-order valence-corrected chi connectivity index (χ0v) is 18.3. The fourth-order valence-electron chi connectivity index (χ4n) is 3.33. The number of hydrogen-bond acceptors (Lipinski definition) is 3. The van der Waals surface area contributed by atoms with Gasteiger partial charge in [-0.15, -0.1) is 9.39 Å². The lowest BCUT2D eigenvalue weighted by Gasteiger charge is -2.30. The van der Waals surface area contributed by atoms with E-state index in [1.807, 2.05) is 35.1 Å². The molecular formula is C24H31N3OS. The second-order valence-electron chi connectivity index (χ2n) is 7.40. The molecule has 0 bridgehead atoms. The molecule has 0 unspecified atom stereocenters. The smallest absolute Gasteiger partial charge is 0.122 e. The Morgan fingerprint density at radius 1 is 1.10 bits per heavy atom. The van der Waals surface area contributed by atoms with Crippen LogP contribution in [0.25, 0.3) is 0 Å². The minimum absolute atomic E-state index is 0.588. The molecule has 4 nitrogen and oxygen atoms in total. The SMILES string of the molecule is C=S(=C)(C)N(CCOc1cc(Cn2cccn2)ccc1CCC)c1ccccc1. The average Bonchev–Trinajstić information content (AvgIpc) is 3.20. The molecule has 0 radical (unpaired) electrons. The lowest BCUT2D eigenvalue weighted by molar-refractivity contribution is 0.325. The summed E-state index contributed by atoms with van der Waals surface area (Å²) in [5.74, 6) is 9.58. The van der Waals surface area contributed by atoms with Crippen LogP contribution in [0.2, 0.25) is 0 Å². The van der Waals surface area contributed by atoms with Crippen LogP contribution in [0.4, 0.5) is 5.69 Å². The molecule has 0 N–H and O–H groups in total. The lowest BCUT2D eigenvalue weighted by atomic mass is 10.1. The highest BCUT2D eigenvalue weighted by molar-refractivity contribution is 8.28. The zero-order chi connectivity index (χ0) is 20.7.